The maximum absolute atomic E-state index is 5.40. The third-order valence-corrected chi connectivity index (χ3v) is 2.39. The summed E-state index contributed by atoms with van der Waals surface area (Å²) in [6.45, 7) is 6.94. The zero-order chi connectivity index (χ0) is 10.4. The van der Waals surface area contributed by atoms with Crippen LogP contribution < -0.4 is 11.1 Å². The van der Waals surface area contributed by atoms with Gasteiger partial charge in [-0.25, -0.2) is 0 Å². The Labute approximate surface area is 86.5 Å². The fourth-order valence-electron chi connectivity index (χ4n) is 1.58. The van der Waals surface area contributed by atoms with E-state index in [9.17, 15) is 0 Å². The van der Waals surface area contributed by atoms with Crippen LogP contribution in [0.4, 0.5) is 0 Å². The summed E-state index contributed by atoms with van der Waals surface area (Å²) < 4.78 is 0. The molecule has 78 valence electrons. The summed E-state index contributed by atoms with van der Waals surface area (Å²) in [5.41, 5.74) is 9.55. The number of rotatable bonds is 5. The molecule has 0 spiro atoms. The molecule has 2 nitrogen and oxygen atoms in total. The molecule has 0 heterocycles. The van der Waals surface area contributed by atoms with Crippen molar-refractivity contribution in [2.45, 2.75) is 20.3 Å². The highest BCUT2D eigenvalue weighted by Gasteiger charge is 1.97. The molecular formula is C12H20N2. The van der Waals surface area contributed by atoms with E-state index in [1.807, 2.05) is 0 Å². The van der Waals surface area contributed by atoms with E-state index in [-0.39, 0.29) is 0 Å². The van der Waals surface area contributed by atoms with E-state index in [4.69, 9.17) is 5.73 Å². The summed E-state index contributed by atoms with van der Waals surface area (Å²) in [7, 11) is 0. The number of hydrogen-bond acceptors (Lipinski definition) is 2. The standard InChI is InChI=1S/C12H20N2/c1-10-3-4-12(11(2)9-10)5-7-14-8-6-13/h3-4,9,14H,5-8,13H2,1-2H3. The molecule has 0 saturated carbocycles. The van der Waals surface area contributed by atoms with Crippen molar-refractivity contribution in [3.05, 3.63) is 34.9 Å². The van der Waals surface area contributed by atoms with Gasteiger partial charge in [-0.3, -0.25) is 0 Å². The highest BCUT2D eigenvalue weighted by molar-refractivity contribution is 5.30. The summed E-state index contributed by atoms with van der Waals surface area (Å²) in [5.74, 6) is 0. The van der Waals surface area contributed by atoms with Crippen LogP contribution >= 0.6 is 0 Å². The number of aryl methyl sites for hydroxylation is 2. The van der Waals surface area contributed by atoms with Gasteiger partial charge in [0.2, 0.25) is 0 Å². The van der Waals surface area contributed by atoms with Crippen LogP contribution in [0.1, 0.15) is 16.7 Å². The molecule has 1 aromatic rings. The Bertz CT molecular complexity index is 282. The van der Waals surface area contributed by atoms with Gasteiger partial charge in [0.25, 0.3) is 0 Å². The first-order valence-electron chi connectivity index (χ1n) is 5.21. The highest BCUT2D eigenvalue weighted by Crippen LogP contribution is 2.10. The summed E-state index contributed by atoms with van der Waals surface area (Å²) in [6.07, 6.45) is 1.09. The van der Waals surface area contributed by atoms with E-state index < -0.39 is 0 Å². The van der Waals surface area contributed by atoms with E-state index in [2.05, 4.69) is 37.4 Å². The van der Waals surface area contributed by atoms with Crippen molar-refractivity contribution < 1.29 is 0 Å². The minimum atomic E-state index is 0.715. The first-order valence-corrected chi connectivity index (χ1v) is 5.21. The quantitative estimate of drug-likeness (QED) is 0.692. The first-order chi connectivity index (χ1) is 6.74. The van der Waals surface area contributed by atoms with Crippen molar-refractivity contribution >= 4 is 0 Å². The predicted octanol–water partition coefficient (Wildman–Crippen LogP) is 1.39. The molecule has 3 N–H and O–H groups in total. The van der Waals surface area contributed by atoms with Gasteiger partial charge in [0, 0.05) is 13.1 Å². The van der Waals surface area contributed by atoms with Crippen LogP contribution in [0, 0.1) is 13.8 Å². The smallest absolute Gasteiger partial charge is 0.00746 e. The van der Waals surface area contributed by atoms with Crippen molar-refractivity contribution in [3.63, 3.8) is 0 Å². The van der Waals surface area contributed by atoms with Gasteiger partial charge in [-0.05, 0) is 37.9 Å². The van der Waals surface area contributed by atoms with Crippen LogP contribution in [-0.2, 0) is 6.42 Å². The van der Waals surface area contributed by atoms with Gasteiger partial charge in [0.05, 0.1) is 0 Å². The van der Waals surface area contributed by atoms with E-state index in [0.29, 0.717) is 6.54 Å². The lowest BCUT2D eigenvalue weighted by atomic mass is 10.0. The molecule has 14 heavy (non-hydrogen) atoms. The van der Waals surface area contributed by atoms with E-state index >= 15 is 0 Å². The van der Waals surface area contributed by atoms with Crippen molar-refractivity contribution in [2.75, 3.05) is 19.6 Å². The Kier molecular flexibility index (Phi) is 4.63. The van der Waals surface area contributed by atoms with Gasteiger partial charge < -0.3 is 11.1 Å². The molecule has 0 radical (unpaired) electrons. The Balaban J connectivity index is 2.42. The second-order valence-corrected chi connectivity index (χ2v) is 3.72. The molecule has 0 fully saturated rings. The summed E-state index contributed by atoms with van der Waals surface area (Å²) >= 11 is 0. The topological polar surface area (TPSA) is 38.0 Å². The molecule has 0 aliphatic heterocycles. The lowest BCUT2D eigenvalue weighted by Gasteiger charge is -2.07. The van der Waals surface area contributed by atoms with E-state index in [1.54, 1.807) is 0 Å². The Morgan fingerprint density at radius 3 is 2.64 bits per heavy atom. The van der Waals surface area contributed by atoms with Gasteiger partial charge >= 0.3 is 0 Å². The zero-order valence-corrected chi connectivity index (χ0v) is 9.14. The molecule has 0 bridgehead atoms. The van der Waals surface area contributed by atoms with Crippen molar-refractivity contribution in [1.82, 2.24) is 5.32 Å². The number of benzene rings is 1. The number of hydrogen-bond donors (Lipinski definition) is 2. The minimum absolute atomic E-state index is 0.715. The summed E-state index contributed by atoms with van der Waals surface area (Å²) in [4.78, 5) is 0. The third kappa shape index (κ3) is 3.48. The normalized spacial score (nSPS) is 10.5. The largest absolute Gasteiger partial charge is 0.329 e. The minimum Gasteiger partial charge on any atom is -0.329 e. The zero-order valence-electron chi connectivity index (χ0n) is 9.14. The molecule has 0 aliphatic rings. The molecular weight excluding hydrogens is 172 g/mol. The third-order valence-electron chi connectivity index (χ3n) is 2.39. The molecule has 0 saturated heterocycles. The number of nitrogens with one attached hydrogen (secondary N) is 1. The van der Waals surface area contributed by atoms with Crippen molar-refractivity contribution in [1.29, 1.82) is 0 Å². The SMILES string of the molecule is Cc1ccc(CCNCCN)c(C)c1. The average Bonchev–Trinajstić information content (AvgIpc) is 2.15. The molecule has 0 aromatic heterocycles. The molecule has 1 aromatic carbocycles. The van der Waals surface area contributed by atoms with Crippen LogP contribution in [0.3, 0.4) is 0 Å². The molecule has 0 aliphatic carbocycles. The van der Waals surface area contributed by atoms with Gasteiger partial charge in [-0.1, -0.05) is 23.8 Å². The second kappa shape index (κ2) is 5.78. The van der Waals surface area contributed by atoms with Gasteiger partial charge in [-0.15, -0.1) is 0 Å². The summed E-state index contributed by atoms with van der Waals surface area (Å²) in [5, 5.41) is 3.30. The van der Waals surface area contributed by atoms with Gasteiger partial charge in [-0.2, -0.15) is 0 Å². The Hall–Kier alpha value is -0.860. The number of nitrogens with two attached hydrogens (primary N) is 1. The Morgan fingerprint density at radius 2 is 2.00 bits per heavy atom. The molecule has 0 unspecified atom stereocenters. The average molecular weight is 192 g/mol. The van der Waals surface area contributed by atoms with Crippen LogP contribution in [0.5, 0.6) is 0 Å². The highest BCUT2D eigenvalue weighted by atomic mass is 14.9. The van der Waals surface area contributed by atoms with Crippen LogP contribution in [0.15, 0.2) is 18.2 Å². The maximum atomic E-state index is 5.40. The fourth-order valence-corrected chi connectivity index (χ4v) is 1.58. The lowest BCUT2D eigenvalue weighted by Crippen LogP contribution is -2.24. The molecule has 2 heteroatoms. The van der Waals surface area contributed by atoms with Gasteiger partial charge in [0.15, 0.2) is 0 Å². The van der Waals surface area contributed by atoms with Crippen LogP contribution in [-0.4, -0.2) is 19.6 Å². The van der Waals surface area contributed by atoms with Crippen LogP contribution in [0.25, 0.3) is 0 Å². The van der Waals surface area contributed by atoms with E-state index in [1.165, 1.54) is 16.7 Å². The van der Waals surface area contributed by atoms with E-state index in [0.717, 1.165) is 19.5 Å². The predicted molar refractivity (Wildman–Crippen MR) is 61.5 cm³/mol. The lowest BCUT2D eigenvalue weighted by molar-refractivity contribution is 0.687. The second-order valence-electron chi connectivity index (χ2n) is 3.72. The summed E-state index contributed by atoms with van der Waals surface area (Å²) in [6, 6.07) is 6.62. The van der Waals surface area contributed by atoms with Crippen molar-refractivity contribution in [3.8, 4) is 0 Å². The maximum Gasteiger partial charge on any atom is 0.00746 e. The van der Waals surface area contributed by atoms with Crippen molar-refractivity contribution in [2.24, 2.45) is 5.73 Å². The molecule has 1 rings (SSSR count). The van der Waals surface area contributed by atoms with Crippen LogP contribution in [0.2, 0.25) is 0 Å². The monoisotopic (exact) mass is 192 g/mol. The fraction of sp³-hybridized carbons (Fsp3) is 0.500. The Morgan fingerprint density at radius 1 is 1.21 bits per heavy atom. The molecule has 0 atom stereocenters. The molecule has 0 amide bonds. The van der Waals surface area contributed by atoms with Gasteiger partial charge in [0.1, 0.15) is 0 Å². The first kappa shape index (κ1) is 11.2.